The third-order valence-corrected chi connectivity index (χ3v) is 6.69. The molecule has 4 aromatic rings. The zero-order chi connectivity index (χ0) is 24.7. The lowest BCUT2D eigenvalue weighted by molar-refractivity contribution is -0.129. The van der Waals surface area contributed by atoms with Crippen LogP contribution in [0.2, 0.25) is 0 Å². The van der Waals surface area contributed by atoms with Crippen LogP contribution in [0.15, 0.2) is 42.7 Å². The molecule has 1 aliphatic heterocycles. The SMILES string of the molecule is CC(=O)N1CCN(c2nc(N[C@@H](C)c3cnc4ccccc4c3)c3cn(C(C)C)c(O)c3n2)CC1. The number of hydrogen-bond donors (Lipinski definition) is 2. The van der Waals surface area contributed by atoms with Gasteiger partial charge in [0.25, 0.3) is 0 Å². The number of benzene rings is 1. The van der Waals surface area contributed by atoms with Gasteiger partial charge in [-0.3, -0.25) is 9.78 Å². The number of rotatable bonds is 5. The van der Waals surface area contributed by atoms with E-state index in [1.54, 1.807) is 6.92 Å². The standard InChI is InChI=1S/C26H31N7O2/c1-16(2)33-15-21-23(25(33)35)29-26(32-11-9-31(10-12-32)18(4)34)30-24(21)28-17(3)20-13-19-7-5-6-8-22(19)27-14-20/h5-8,13-17,35H,9-12H2,1-4H3,(H,28,29,30)/t17-/m0/s1. The van der Waals surface area contributed by atoms with Crippen LogP contribution in [0.3, 0.4) is 0 Å². The predicted molar refractivity (Wildman–Crippen MR) is 138 cm³/mol. The molecule has 35 heavy (non-hydrogen) atoms. The van der Waals surface area contributed by atoms with Crippen molar-refractivity contribution in [2.75, 3.05) is 36.4 Å². The number of nitrogens with zero attached hydrogens (tertiary/aromatic N) is 6. The Bertz CT molecular complexity index is 1390. The van der Waals surface area contributed by atoms with Gasteiger partial charge in [0.2, 0.25) is 17.7 Å². The summed E-state index contributed by atoms with van der Waals surface area (Å²) in [6.45, 7) is 10.2. The molecule has 5 rings (SSSR count). The molecule has 182 valence electrons. The quantitative estimate of drug-likeness (QED) is 0.450. The highest BCUT2D eigenvalue weighted by Crippen LogP contribution is 2.35. The van der Waals surface area contributed by atoms with E-state index in [0.29, 0.717) is 43.5 Å². The molecule has 1 fully saturated rings. The van der Waals surface area contributed by atoms with Crippen LogP contribution in [0, 0.1) is 0 Å². The topological polar surface area (TPSA) is 99.4 Å². The second kappa shape index (κ2) is 9.05. The van der Waals surface area contributed by atoms with Crippen LogP contribution in [0.1, 0.15) is 45.3 Å². The predicted octanol–water partition coefficient (Wildman–Crippen LogP) is 4.11. The first-order valence-electron chi connectivity index (χ1n) is 12.0. The van der Waals surface area contributed by atoms with Crippen molar-refractivity contribution in [1.82, 2.24) is 24.4 Å². The molecule has 0 unspecified atom stereocenters. The van der Waals surface area contributed by atoms with Crippen molar-refractivity contribution in [3.63, 3.8) is 0 Å². The Balaban J connectivity index is 1.52. The van der Waals surface area contributed by atoms with Crippen LogP contribution < -0.4 is 10.2 Å². The summed E-state index contributed by atoms with van der Waals surface area (Å²) in [6.07, 6.45) is 3.79. The fraction of sp³-hybridized carbons (Fsp3) is 0.385. The summed E-state index contributed by atoms with van der Waals surface area (Å²) < 4.78 is 1.81. The highest BCUT2D eigenvalue weighted by Gasteiger charge is 2.24. The molecule has 1 aliphatic rings. The largest absolute Gasteiger partial charge is 0.493 e. The van der Waals surface area contributed by atoms with Crippen molar-refractivity contribution in [2.24, 2.45) is 0 Å². The normalized spacial score (nSPS) is 15.2. The number of fused-ring (bicyclic) bond motifs is 2. The van der Waals surface area contributed by atoms with E-state index in [2.05, 4.69) is 34.3 Å². The van der Waals surface area contributed by atoms with Gasteiger partial charge in [-0.15, -0.1) is 0 Å². The second-order valence-electron chi connectivity index (χ2n) is 9.41. The van der Waals surface area contributed by atoms with E-state index in [1.807, 2.05) is 53.9 Å². The van der Waals surface area contributed by atoms with Crippen molar-refractivity contribution in [1.29, 1.82) is 0 Å². The Morgan fingerprint density at radius 2 is 1.83 bits per heavy atom. The van der Waals surface area contributed by atoms with E-state index in [4.69, 9.17) is 9.97 Å². The Kier molecular flexibility index (Phi) is 5.92. The summed E-state index contributed by atoms with van der Waals surface area (Å²) in [6, 6.07) is 10.2. The number of aromatic nitrogens is 4. The number of nitrogens with one attached hydrogen (secondary N) is 1. The lowest BCUT2D eigenvalue weighted by atomic mass is 10.1. The van der Waals surface area contributed by atoms with Gasteiger partial charge in [0, 0.05) is 56.9 Å². The van der Waals surface area contributed by atoms with Crippen LogP contribution in [0.25, 0.3) is 21.8 Å². The van der Waals surface area contributed by atoms with Gasteiger partial charge in [0.1, 0.15) is 11.3 Å². The van der Waals surface area contributed by atoms with E-state index < -0.39 is 0 Å². The molecule has 0 saturated carbocycles. The molecule has 1 atom stereocenters. The third kappa shape index (κ3) is 4.34. The van der Waals surface area contributed by atoms with Crippen molar-refractivity contribution in [2.45, 2.75) is 39.8 Å². The van der Waals surface area contributed by atoms with Gasteiger partial charge in [-0.1, -0.05) is 18.2 Å². The van der Waals surface area contributed by atoms with Crippen molar-refractivity contribution < 1.29 is 9.90 Å². The highest BCUT2D eigenvalue weighted by molar-refractivity contribution is 5.94. The van der Waals surface area contributed by atoms with Gasteiger partial charge in [-0.05, 0) is 38.5 Å². The number of anilines is 2. The molecule has 0 spiro atoms. The molecule has 0 radical (unpaired) electrons. The number of carbonyl (C=O) groups is 1. The number of amides is 1. The molecule has 2 N–H and O–H groups in total. The molecule has 4 heterocycles. The molecular weight excluding hydrogens is 442 g/mol. The number of pyridine rings is 1. The molecule has 1 amide bonds. The number of carbonyl (C=O) groups excluding carboxylic acids is 1. The molecule has 3 aromatic heterocycles. The van der Waals surface area contributed by atoms with Crippen molar-refractivity contribution in [3.05, 3.63) is 48.3 Å². The van der Waals surface area contributed by atoms with Gasteiger partial charge in [-0.25, -0.2) is 4.98 Å². The summed E-state index contributed by atoms with van der Waals surface area (Å²) in [5.74, 6) is 1.41. The molecule has 1 aromatic carbocycles. The van der Waals surface area contributed by atoms with Gasteiger partial charge >= 0.3 is 0 Å². The Morgan fingerprint density at radius 3 is 2.54 bits per heavy atom. The summed E-state index contributed by atoms with van der Waals surface area (Å²) in [5.41, 5.74) is 2.52. The Morgan fingerprint density at radius 1 is 1.09 bits per heavy atom. The first-order chi connectivity index (χ1) is 16.8. The van der Waals surface area contributed by atoms with E-state index in [9.17, 15) is 9.90 Å². The average Bonchev–Trinajstić information content (AvgIpc) is 3.20. The summed E-state index contributed by atoms with van der Waals surface area (Å²) >= 11 is 0. The van der Waals surface area contributed by atoms with E-state index >= 15 is 0 Å². The van der Waals surface area contributed by atoms with Crippen molar-refractivity contribution >= 4 is 39.5 Å². The lowest BCUT2D eigenvalue weighted by Crippen LogP contribution is -2.48. The highest BCUT2D eigenvalue weighted by atomic mass is 16.3. The maximum atomic E-state index is 11.7. The first kappa shape index (κ1) is 22.9. The van der Waals surface area contributed by atoms with E-state index in [1.165, 1.54) is 0 Å². The van der Waals surface area contributed by atoms with Gasteiger partial charge in [-0.2, -0.15) is 4.98 Å². The number of aromatic hydroxyl groups is 1. The minimum absolute atomic E-state index is 0.0710. The van der Waals surface area contributed by atoms with E-state index in [-0.39, 0.29) is 23.9 Å². The second-order valence-corrected chi connectivity index (χ2v) is 9.41. The fourth-order valence-electron chi connectivity index (χ4n) is 4.55. The van der Waals surface area contributed by atoms with Gasteiger partial charge < -0.3 is 24.8 Å². The monoisotopic (exact) mass is 473 g/mol. The van der Waals surface area contributed by atoms with Crippen LogP contribution in [0.5, 0.6) is 5.88 Å². The Hall–Kier alpha value is -3.88. The first-order valence-corrected chi connectivity index (χ1v) is 12.0. The average molecular weight is 474 g/mol. The fourth-order valence-corrected chi connectivity index (χ4v) is 4.55. The zero-order valence-corrected chi connectivity index (χ0v) is 20.6. The molecule has 0 aliphatic carbocycles. The Labute approximate surface area is 204 Å². The minimum atomic E-state index is -0.0721. The minimum Gasteiger partial charge on any atom is -0.493 e. The van der Waals surface area contributed by atoms with Gasteiger partial charge in [0.05, 0.1) is 16.9 Å². The molecular formula is C26H31N7O2. The van der Waals surface area contributed by atoms with Crippen molar-refractivity contribution in [3.8, 4) is 5.88 Å². The summed E-state index contributed by atoms with van der Waals surface area (Å²) in [4.78, 5) is 29.9. The molecule has 1 saturated heterocycles. The van der Waals surface area contributed by atoms with E-state index in [0.717, 1.165) is 21.9 Å². The number of hydrogen-bond acceptors (Lipinski definition) is 7. The maximum absolute atomic E-state index is 11.7. The molecule has 9 nitrogen and oxygen atoms in total. The van der Waals surface area contributed by atoms with Crippen LogP contribution >= 0.6 is 0 Å². The third-order valence-electron chi connectivity index (χ3n) is 6.69. The summed E-state index contributed by atoms with van der Waals surface area (Å²) in [5, 5.41) is 16.3. The molecule has 0 bridgehead atoms. The smallest absolute Gasteiger partial charge is 0.228 e. The van der Waals surface area contributed by atoms with Crippen LogP contribution in [-0.4, -0.2) is 61.6 Å². The van der Waals surface area contributed by atoms with Crippen LogP contribution in [0.4, 0.5) is 11.8 Å². The molecule has 9 heteroatoms. The summed E-state index contributed by atoms with van der Waals surface area (Å²) in [7, 11) is 0. The maximum Gasteiger partial charge on any atom is 0.228 e. The number of para-hydroxylation sites is 1. The van der Waals surface area contributed by atoms with Gasteiger partial charge in [0.15, 0.2) is 0 Å². The number of piperazine rings is 1. The zero-order valence-electron chi connectivity index (χ0n) is 20.6. The van der Waals surface area contributed by atoms with Crippen LogP contribution in [-0.2, 0) is 4.79 Å². The lowest BCUT2D eigenvalue weighted by Gasteiger charge is -2.34.